The zero-order valence-electron chi connectivity index (χ0n) is 19.5. The lowest BCUT2D eigenvalue weighted by Gasteiger charge is -2.17. The Hall–Kier alpha value is -3.80. The Morgan fingerprint density at radius 3 is 2.58 bits per heavy atom. The molecular formula is C27H29N3O3. The number of hydrogen-bond donors (Lipinski definition) is 1. The fourth-order valence-electron chi connectivity index (χ4n) is 3.86. The van der Waals surface area contributed by atoms with Crippen molar-refractivity contribution in [2.24, 2.45) is 0 Å². The van der Waals surface area contributed by atoms with Gasteiger partial charge in [0.05, 0.1) is 24.2 Å². The quantitative estimate of drug-likeness (QED) is 0.418. The van der Waals surface area contributed by atoms with Crippen molar-refractivity contribution in [1.82, 2.24) is 14.9 Å². The molecule has 1 amide bonds. The number of benzene rings is 3. The van der Waals surface area contributed by atoms with Crippen LogP contribution in [0.15, 0.2) is 66.7 Å². The number of amides is 1. The maximum absolute atomic E-state index is 12.7. The number of rotatable bonds is 8. The molecule has 6 nitrogen and oxygen atoms in total. The molecular weight excluding hydrogens is 414 g/mol. The third-order valence-corrected chi connectivity index (χ3v) is 5.65. The minimum Gasteiger partial charge on any atom is -0.497 e. The molecule has 0 saturated heterocycles. The van der Waals surface area contributed by atoms with Gasteiger partial charge in [-0.25, -0.2) is 4.98 Å². The van der Waals surface area contributed by atoms with Crippen LogP contribution in [-0.4, -0.2) is 29.2 Å². The molecule has 0 fully saturated rings. The highest BCUT2D eigenvalue weighted by atomic mass is 16.5. The van der Waals surface area contributed by atoms with E-state index in [1.54, 1.807) is 7.11 Å². The fraction of sp³-hybridized carbons (Fsp3) is 0.259. The molecule has 4 rings (SSSR count). The van der Waals surface area contributed by atoms with Crippen molar-refractivity contribution in [1.29, 1.82) is 0 Å². The fourth-order valence-corrected chi connectivity index (χ4v) is 3.86. The molecule has 1 atom stereocenters. The largest absolute Gasteiger partial charge is 0.497 e. The molecule has 0 radical (unpaired) electrons. The first-order chi connectivity index (χ1) is 15.9. The zero-order valence-corrected chi connectivity index (χ0v) is 19.5. The van der Waals surface area contributed by atoms with Crippen molar-refractivity contribution in [3.05, 3.63) is 89.2 Å². The average molecular weight is 444 g/mol. The summed E-state index contributed by atoms with van der Waals surface area (Å²) in [7, 11) is 1.66. The minimum absolute atomic E-state index is 0.0483. The number of hydrogen-bond acceptors (Lipinski definition) is 4. The number of carbonyl (C=O) groups is 1. The summed E-state index contributed by atoms with van der Waals surface area (Å²) in [5, 5.41) is 3.04. The van der Waals surface area contributed by atoms with Gasteiger partial charge in [-0.2, -0.15) is 0 Å². The van der Waals surface area contributed by atoms with Gasteiger partial charge in [0, 0.05) is 6.54 Å². The minimum atomic E-state index is -0.287. The van der Waals surface area contributed by atoms with Gasteiger partial charge in [0.15, 0.2) is 6.61 Å². The Labute approximate surface area is 194 Å². The van der Waals surface area contributed by atoms with E-state index in [1.165, 1.54) is 0 Å². The Morgan fingerprint density at radius 2 is 1.82 bits per heavy atom. The van der Waals surface area contributed by atoms with Crippen LogP contribution >= 0.6 is 0 Å². The molecule has 33 heavy (non-hydrogen) atoms. The second-order valence-corrected chi connectivity index (χ2v) is 8.24. The van der Waals surface area contributed by atoms with Crippen LogP contribution in [0.2, 0.25) is 0 Å². The summed E-state index contributed by atoms with van der Waals surface area (Å²) < 4.78 is 13.2. The number of nitrogens with one attached hydrogen (secondary N) is 1. The molecule has 0 aliphatic rings. The number of nitrogens with zero attached hydrogens (tertiary/aromatic N) is 2. The molecule has 0 aliphatic carbocycles. The number of para-hydroxylation sites is 2. The monoisotopic (exact) mass is 443 g/mol. The van der Waals surface area contributed by atoms with Gasteiger partial charge in [-0.1, -0.05) is 36.4 Å². The first kappa shape index (κ1) is 22.4. The van der Waals surface area contributed by atoms with Gasteiger partial charge in [-0.3, -0.25) is 4.79 Å². The molecule has 0 spiro atoms. The van der Waals surface area contributed by atoms with Gasteiger partial charge in [-0.15, -0.1) is 0 Å². The van der Waals surface area contributed by atoms with Crippen LogP contribution in [0.4, 0.5) is 0 Å². The van der Waals surface area contributed by atoms with Crippen molar-refractivity contribution in [2.75, 3.05) is 13.7 Å². The van der Waals surface area contributed by atoms with Gasteiger partial charge in [0.1, 0.15) is 17.3 Å². The van der Waals surface area contributed by atoms with Crippen LogP contribution in [-0.2, 0) is 11.3 Å². The Bertz CT molecular complexity index is 1260. The van der Waals surface area contributed by atoms with Crippen molar-refractivity contribution < 1.29 is 14.3 Å². The predicted octanol–water partition coefficient (Wildman–Crippen LogP) is 4.97. The van der Waals surface area contributed by atoms with Crippen molar-refractivity contribution in [2.45, 2.75) is 33.4 Å². The van der Waals surface area contributed by atoms with Gasteiger partial charge < -0.3 is 19.4 Å². The highest BCUT2D eigenvalue weighted by Gasteiger charge is 2.19. The first-order valence-corrected chi connectivity index (χ1v) is 11.0. The van der Waals surface area contributed by atoms with Crippen molar-refractivity contribution in [3.63, 3.8) is 0 Å². The van der Waals surface area contributed by atoms with E-state index in [0.29, 0.717) is 6.54 Å². The van der Waals surface area contributed by atoms with Gasteiger partial charge in [0.2, 0.25) is 0 Å². The third kappa shape index (κ3) is 5.17. The predicted molar refractivity (Wildman–Crippen MR) is 130 cm³/mol. The molecule has 1 N–H and O–H groups in total. The smallest absolute Gasteiger partial charge is 0.258 e. The lowest BCUT2D eigenvalue weighted by atomic mass is 10.1. The van der Waals surface area contributed by atoms with Crippen LogP contribution < -0.4 is 14.8 Å². The summed E-state index contributed by atoms with van der Waals surface area (Å²) in [6, 6.07) is 21.7. The molecule has 1 heterocycles. The number of ether oxygens (including phenoxy) is 2. The molecule has 0 bridgehead atoms. The molecule has 1 aromatic heterocycles. The number of imidazole rings is 1. The molecule has 1 unspecified atom stereocenters. The lowest BCUT2D eigenvalue weighted by molar-refractivity contribution is -0.123. The van der Waals surface area contributed by atoms with Crippen LogP contribution in [0.5, 0.6) is 11.5 Å². The molecule has 170 valence electrons. The number of carbonyl (C=O) groups excluding carboxylic acids is 1. The number of aryl methyl sites for hydroxylation is 2. The molecule has 0 saturated carbocycles. The van der Waals surface area contributed by atoms with E-state index in [0.717, 1.165) is 45.0 Å². The summed E-state index contributed by atoms with van der Waals surface area (Å²) in [5.74, 6) is 2.15. The number of aromatic nitrogens is 2. The normalized spacial score (nSPS) is 11.9. The van der Waals surface area contributed by atoms with Crippen LogP contribution in [0.25, 0.3) is 11.0 Å². The second-order valence-electron chi connectivity index (χ2n) is 8.24. The van der Waals surface area contributed by atoms with E-state index in [2.05, 4.69) is 9.88 Å². The van der Waals surface area contributed by atoms with Crippen molar-refractivity contribution >= 4 is 16.9 Å². The summed E-state index contributed by atoms with van der Waals surface area (Å²) in [6.07, 6.45) is 0. The molecule has 3 aromatic carbocycles. The number of methoxy groups -OCH3 is 1. The van der Waals surface area contributed by atoms with Gasteiger partial charge in [-0.05, 0) is 67.8 Å². The summed E-state index contributed by atoms with van der Waals surface area (Å²) in [4.78, 5) is 17.5. The maximum Gasteiger partial charge on any atom is 0.258 e. The third-order valence-electron chi connectivity index (χ3n) is 5.65. The zero-order chi connectivity index (χ0) is 23.4. The van der Waals surface area contributed by atoms with E-state index in [-0.39, 0.29) is 18.6 Å². The summed E-state index contributed by atoms with van der Waals surface area (Å²) in [5.41, 5.74) is 5.14. The second kappa shape index (κ2) is 9.77. The van der Waals surface area contributed by atoms with E-state index >= 15 is 0 Å². The standard InChI is InChI=1S/C27H29N3O3/c1-18-9-10-19(2)25(15-18)33-17-26(31)28-20(3)27-29-23-7-5-6-8-24(23)30(27)16-21-11-13-22(32-4)14-12-21/h5-15,20H,16-17H2,1-4H3,(H,28,31). The highest BCUT2D eigenvalue weighted by Crippen LogP contribution is 2.23. The molecule has 0 aliphatic heterocycles. The Kier molecular flexibility index (Phi) is 6.63. The van der Waals surface area contributed by atoms with Crippen LogP contribution in [0, 0.1) is 13.8 Å². The van der Waals surface area contributed by atoms with Crippen molar-refractivity contribution in [3.8, 4) is 11.5 Å². The maximum atomic E-state index is 12.7. The Balaban J connectivity index is 1.52. The summed E-state index contributed by atoms with van der Waals surface area (Å²) in [6.45, 7) is 6.51. The highest BCUT2D eigenvalue weighted by molar-refractivity contribution is 5.79. The Morgan fingerprint density at radius 1 is 1.06 bits per heavy atom. The van der Waals surface area contributed by atoms with Crippen LogP contribution in [0.3, 0.4) is 0 Å². The van der Waals surface area contributed by atoms with E-state index in [4.69, 9.17) is 14.5 Å². The molecule has 6 heteroatoms. The van der Waals surface area contributed by atoms with Crippen LogP contribution in [0.1, 0.15) is 35.5 Å². The topological polar surface area (TPSA) is 65.4 Å². The lowest BCUT2D eigenvalue weighted by Crippen LogP contribution is -2.32. The van der Waals surface area contributed by atoms with Gasteiger partial charge in [0.25, 0.3) is 5.91 Å². The molecule has 4 aromatic rings. The van der Waals surface area contributed by atoms with E-state index in [1.807, 2.05) is 87.5 Å². The van der Waals surface area contributed by atoms with E-state index in [9.17, 15) is 4.79 Å². The first-order valence-electron chi connectivity index (χ1n) is 11.0. The van der Waals surface area contributed by atoms with Gasteiger partial charge >= 0.3 is 0 Å². The number of fused-ring (bicyclic) bond motifs is 1. The summed E-state index contributed by atoms with van der Waals surface area (Å²) >= 11 is 0. The SMILES string of the molecule is COc1ccc(Cn2c(C(C)NC(=O)COc3cc(C)ccc3C)nc3ccccc32)cc1. The van der Waals surface area contributed by atoms with E-state index < -0.39 is 0 Å². The average Bonchev–Trinajstić information content (AvgIpc) is 3.18.